The van der Waals surface area contributed by atoms with Crippen LogP contribution >= 0.6 is 0 Å². The zero-order chi connectivity index (χ0) is 28.1. The molecule has 2 aliphatic heterocycles. The highest BCUT2D eigenvalue weighted by Gasteiger charge is 2.50. The van der Waals surface area contributed by atoms with Crippen LogP contribution in [0.5, 0.6) is 0 Å². The number of anilines is 1. The van der Waals surface area contributed by atoms with E-state index in [-0.39, 0.29) is 48.2 Å². The van der Waals surface area contributed by atoms with Gasteiger partial charge in [0.2, 0.25) is 5.91 Å². The number of carbonyl (C=O) groups excluding carboxylic acids is 3. The van der Waals surface area contributed by atoms with E-state index in [1.54, 1.807) is 15.7 Å². The average molecular weight is 536 g/mol. The maximum absolute atomic E-state index is 13.7. The second-order valence-corrected chi connectivity index (χ2v) is 12.2. The summed E-state index contributed by atoms with van der Waals surface area (Å²) in [6, 6.07) is 3.68. The molecule has 39 heavy (non-hydrogen) atoms. The zero-order valence-corrected chi connectivity index (χ0v) is 23.3. The van der Waals surface area contributed by atoms with Gasteiger partial charge in [0.25, 0.3) is 0 Å². The third-order valence-electron chi connectivity index (χ3n) is 8.50. The minimum Gasteiger partial charge on any atom is -0.460 e. The van der Waals surface area contributed by atoms with Gasteiger partial charge in [-0.15, -0.1) is 0 Å². The fourth-order valence-corrected chi connectivity index (χ4v) is 6.48. The van der Waals surface area contributed by atoms with Crippen molar-refractivity contribution in [1.82, 2.24) is 24.3 Å². The predicted molar refractivity (Wildman–Crippen MR) is 144 cm³/mol. The monoisotopic (exact) mass is 535 g/mol. The number of carbonyl (C=O) groups is 3. The molecule has 2 amide bonds. The number of hydrogen-bond donors (Lipinski definition) is 0. The number of nitrogens with zero attached hydrogens (tertiary/aromatic N) is 7. The van der Waals surface area contributed by atoms with Gasteiger partial charge in [0.05, 0.1) is 23.4 Å². The second-order valence-electron chi connectivity index (χ2n) is 12.2. The fourth-order valence-electron chi connectivity index (χ4n) is 6.48. The van der Waals surface area contributed by atoms with E-state index < -0.39 is 5.60 Å². The molecule has 0 N–H and O–H groups in total. The third kappa shape index (κ3) is 5.04. The van der Waals surface area contributed by atoms with Gasteiger partial charge in [-0.3, -0.25) is 14.2 Å². The quantitative estimate of drug-likeness (QED) is 0.547. The van der Waals surface area contributed by atoms with Crippen molar-refractivity contribution in [3.05, 3.63) is 18.6 Å². The van der Waals surface area contributed by atoms with Crippen LogP contribution in [-0.4, -0.2) is 86.6 Å². The predicted octanol–water partition coefficient (Wildman–Crippen LogP) is 3.04. The molecule has 11 nitrogen and oxygen atoms in total. The Kier molecular flexibility index (Phi) is 6.99. The van der Waals surface area contributed by atoms with Gasteiger partial charge in [0, 0.05) is 38.9 Å². The number of rotatable bonds is 4. The van der Waals surface area contributed by atoms with Crippen LogP contribution < -0.4 is 4.90 Å². The maximum Gasteiger partial charge on any atom is 0.330 e. The van der Waals surface area contributed by atoms with Crippen molar-refractivity contribution in [2.24, 2.45) is 17.8 Å². The smallest absolute Gasteiger partial charge is 0.330 e. The highest BCUT2D eigenvalue weighted by atomic mass is 16.6. The van der Waals surface area contributed by atoms with Gasteiger partial charge in [0.15, 0.2) is 5.65 Å². The number of esters is 1. The average Bonchev–Trinajstić information content (AvgIpc) is 3.61. The van der Waals surface area contributed by atoms with Crippen LogP contribution in [0, 0.1) is 29.1 Å². The summed E-state index contributed by atoms with van der Waals surface area (Å²) in [5.41, 5.74) is 0.00678. The van der Waals surface area contributed by atoms with Crippen molar-refractivity contribution in [1.29, 1.82) is 5.26 Å². The van der Waals surface area contributed by atoms with Crippen molar-refractivity contribution in [3.63, 3.8) is 0 Å². The molecule has 1 saturated carbocycles. The number of aromatic nitrogens is 3. The summed E-state index contributed by atoms with van der Waals surface area (Å²) in [6.45, 7) is 9.46. The first-order valence-corrected chi connectivity index (χ1v) is 13.7. The Morgan fingerprint density at radius 3 is 2.64 bits per heavy atom. The number of amides is 2. The number of ether oxygens (including phenoxy) is 1. The van der Waals surface area contributed by atoms with Crippen molar-refractivity contribution in [3.8, 4) is 6.07 Å². The Hall–Kier alpha value is -3.68. The van der Waals surface area contributed by atoms with Gasteiger partial charge in [-0.2, -0.15) is 5.26 Å². The first-order chi connectivity index (χ1) is 18.5. The van der Waals surface area contributed by atoms with Gasteiger partial charge in [-0.05, 0) is 57.9 Å². The van der Waals surface area contributed by atoms with Crippen LogP contribution in [0.15, 0.2) is 18.6 Å². The van der Waals surface area contributed by atoms with Gasteiger partial charge < -0.3 is 19.4 Å². The van der Waals surface area contributed by atoms with Crippen molar-refractivity contribution < 1.29 is 19.1 Å². The number of likely N-dealkylation sites (N-methyl/N-ethyl adjacent to an activating group) is 1. The highest BCUT2D eigenvalue weighted by molar-refractivity contribution is 5.95. The van der Waals surface area contributed by atoms with E-state index in [1.807, 2.05) is 44.9 Å². The van der Waals surface area contributed by atoms with E-state index in [9.17, 15) is 14.4 Å². The summed E-state index contributed by atoms with van der Waals surface area (Å²) in [7, 11) is 1.95. The molecule has 3 fully saturated rings. The number of nitriles is 1. The van der Waals surface area contributed by atoms with Crippen LogP contribution in [0.3, 0.4) is 0 Å². The number of piperidine rings is 2. The highest BCUT2D eigenvalue weighted by Crippen LogP contribution is 2.43. The molecule has 1 aliphatic carbocycles. The molecule has 5 rings (SSSR count). The van der Waals surface area contributed by atoms with Crippen LogP contribution in [0.25, 0.3) is 11.0 Å². The molecule has 0 spiro atoms. The molecule has 1 unspecified atom stereocenters. The number of hydrogen-bond acceptors (Lipinski definition) is 8. The molecule has 2 aromatic rings. The largest absolute Gasteiger partial charge is 0.460 e. The minimum absolute atomic E-state index is 0.00136. The maximum atomic E-state index is 13.7. The van der Waals surface area contributed by atoms with Crippen LogP contribution in [-0.2, 0) is 14.3 Å². The molecular weight excluding hydrogens is 498 g/mol. The van der Waals surface area contributed by atoms with Gasteiger partial charge in [-0.1, -0.05) is 6.92 Å². The molecule has 5 atom stereocenters. The summed E-state index contributed by atoms with van der Waals surface area (Å²) in [6.07, 6.45) is 5.35. The molecule has 2 bridgehead atoms. The molecule has 3 aliphatic rings. The molecule has 2 saturated heterocycles. The lowest BCUT2D eigenvalue weighted by atomic mass is 9.92. The van der Waals surface area contributed by atoms with E-state index in [1.165, 1.54) is 6.33 Å². The Morgan fingerprint density at radius 1 is 1.21 bits per heavy atom. The summed E-state index contributed by atoms with van der Waals surface area (Å²) in [5, 5.41) is 9.71. The molecule has 4 heterocycles. The minimum atomic E-state index is -0.525. The van der Waals surface area contributed by atoms with Gasteiger partial charge in [0.1, 0.15) is 24.2 Å². The fraction of sp³-hybridized carbons (Fsp3) is 0.643. The van der Waals surface area contributed by atoms with Crippen LogP contribution in [0.4, 0.5) is 10.6 Å². The molecule has 0 aromatic carbocycles. The topological polar surface area (TPSA) is 125 Å². The Balaban J connectivity index is 1.33. The molecule has 0 radical (unpaired) electrons. The lowest BCUT2D eigenvalue weighted by Crippen LogP contribution is -2.52. The first-order valence-electron chi connectivity index (χ1n) is 13.7. The van der Waals surface area contributed by atoms with Crippen LogP contribution in [0.1, 0.15) is 53.4 Å². The molecule has 208 valence electrons. The van der Waals surface area contributed by atoms with Crippen molar-refractivity contribution in [2.75, 3.05) is 31.6 Å². The van der Waals surface area contributed by atoms with E-state index in [0.29, 0.717) is 43.4 Å². The summed E-state index contributed by atoms with van der Waals surface area (Å²) >= 11 is 0. The lowest BCUT2D eigenvalue weighted by molar-refractivity contribution is -0.162. The van der Waals surface area contributed by atoms with E-state index in [2.05, 4.69) is 21.8 Å². The molecule has 11 heteroatoms. The summed E-state index contributed by atoms with van der Waals surface area (Å²) in [5.74, 6) is 0.629. The van der Waals surface area contributed by atoms with E-state index >= 15 is 0 Å². The molecular formula is C28H37N7O4. The SMILES string of the molecule is C[C@@H]1CCN(C(=O)CC#N)C[C@@H]1N(C)c1ncnc2c1ccn2C(=O)N1C[C@@H]2C[C@H]1CC2C(=O)OC(C)(C)C. The zero-order valence-electron chi connectivity index (χ0n) is 23.3. The Labute approximate surface area is 228 Å². The summed E-state index contributed by atoms with van der Waals surface area (Å²) in [4.78, 5) is 53.4. The first kappa shape index (κ1) is 26.9. The third-order valence-corrected chi connectivity index (χ3v) is 8.50. The number of likely N-dealkylation sites (tertiary alicyclic amines) is 2. The Bertz CT molecular complexity index is 1330. The lowest BCUT2D eigenvalue weighted by Gasteiger charge is -2.42. The second kappa shape index (κ2) is 10.1. The molecule has 2 aromatic heterocycles. The Morgan fingerprint density at radius 2 is 1.97 bits per heavy atom. The summed E-state index contributed by atoms with van der Waals surface area (Å²) < 4.78 is 7.19. The van der Waals surface area contributed by atoms with Gasteiger partial charge >= 0.3 is 12.0 Å². The van der Waals surface area contributed by atoms with Crippen molar-refractivity contribution in [2.45, 2.75) is 71.1 Å². The van der Waals surface area contributed by atoms with E-state index in [4.69, 9.17) is 10.00 Å². The standard InChI is InChI=1S/C28H37N7O4/c1-17-7-10-33(23(36)6-9-29)15-22(17)32(5)24-20-8-11-34(25(20)31-16-30-24)27(38)35-14-18-12-19(35)13-21(18)26(37)39-28(2,3)4/h8,11,16-19,21-22H,6-7,10,12-15H2,1-5H3/t17-,18+,19+,21?,22+/m1/s1. The van der Waals surface area contributed by atoms with E-state index in [0.717, 1.165) is 18.2 Å². The van der Waals surface area contributed by atoms with Crippen LogP contribution in [0.2, 0.25) is 0 Å². The van der Waals surface area contributed by atoms with Crippen molar-refractivity contribution >= 4 is 34.8 Å². The number of fused-ring (bicyclic) bond motifs is 3. The normalized spacial score (nSPS) is 26.5. The van der Waals surface area contributed by atoms with Gasteiger partial charge in [-0.25, -0.2) is 14.8 Å².